The van der Waals surface area contributed by atoms with Crippen LogP contribution in [0.5, 0.6) is 0 Å². The maximum absolute atomic E-state index is 13.7. The number of amides is 3. The van der Waals surface area contributed by atoms with Crippen molar-refractivity contribution in [3.8, 4) is 0 Å². The number of pyridine rings is 2. The molecular weight excluding hydrogens is 562 g/mol. The molecule has 3 aromatic heterocycles. The molecule has 1 atom stereocenters. The fraction of sp³-hybridized carbons (Fsp3) is 0.438. The molecule has 3 amide bonds. The van der Waals surface area contributed by atoms with Crippen LogP contribution >= 0.6 is 0 Å². The molecule has 2 N–H and O–H groups in total. The number of H-pyrrole nitrogens is 1. The molecule has 3 rings (SSSR count). The molecular formula is C32H43N7O5. The predicted octanol–water partition coefficient (Wildman–Crippen LogP) is 4.06. The van der Waals surface area contributed by atoms with Gasteiger partial charge in [0, 0.05) is 45.6 Å². The monoisotopic (exact) mass is 605 g/mol. The number of nitrogens with zero attached hydrogens (tertiary/aromatic N) is 5. The number of likely N-dealkylation sites (N-methyl/N-ethyl adjacent to an activating group) is 1. The maximum atomic E-state index is 13.7. The van der Waals surface area contributed by atoms with Crippen molar-refractivity contribution in [2.24, 2.45) is 5.92 Å². The number of hydrogen-bond acceptors (Lipinski definition) is 7. The van der Waals surface area contributed by atoms with E-state index in [0.29, 0.717) is 23.9 Å². The average molecular weight is 606 g/mol. The standard InChI is InChI=1S/C32H43N7O5/c1-10-22-17-33-23(15-19(2)3)29-28(22)35-26(36-29)18-39-21(5)20(4)16-24(31(39)42)34-30(41)25(44-32(43)38(8)9)13-11-12-14-27(40)37(6)7/h10,12,14,16-17,19,25H,1,11,13,15,18H2,2-9H3,(H,34,41)(H,35,36)/b14-12+/t25-/m0/s1. The number of nitrogens with one attached hydrogen (secondary N) is 2. The second-order valence-electron chi connectivity index (χ2n) is 11.6. The zero-order valence-electron chi connectivity index (χ0n) is 26.9. The Balaban J connectivity index is 1.92. The summed E-state index contributed by atoms with van der Waals surface area (Å²) in [6.07, 6.45) is 5.73. The van der Waals surface area contributed by atoms with Crippen LogP contribution in [0.4, 0.5) is 10.5 Å². The number of rotatable bonds is 12. The summed E-state index contributed by atoms with van der Waals surface area (Å²) >= 11 is 0. The lowest BCUT2D eigenvalue weighted by Crippen LogP contribution is -2.38. The summed E-state index contributed by atoms with van der Waals surface area (Å²) in [5, 5.41) is 2.67. The van der Waals surface area contributed by atoms with E-state index < -0.39 is 23.7 Å². The zero-order chi connectivity index (χ0) is 32.7. The molecule has 0 aromatic carbocycles. The third kappa shape index (κ3) is 8.21. The van der Waals surface area contributed by atoms with Crippen LogP contribution in [0.1, 0.15) is 55.0 Å². The van der Waals surface area contributed by atoms with Crippen molar-refractivity contribution in [1.82, 2.24) is 29.3 Å². The number of imidazole rings is 1. The van der Waals surface area contributed by atoms with Gasteiger partial charge in [0.05, 0.1) is 23.3 Å². The Morgan fingerprint density at radius 1 is 1.16 bits per heavy atom. The van der Waals surface area contributed by atoms with Crippen LogP contribution in [0.3, 0.4) is 0 Å². The van der Waals surface area contributed by atoms with Gasteiger partial charge in [-0.3, -0.25) is 19.4 Å². The fourth-order valence-corrected chi connectivity index (χ4v) is 4.47. The molecule has 0 aliphatic heterocycles. The van der Waals surface area contributed by atoms with E-state index in [-0.39, 0.29) is 24.6 Å². The number of hydrogen-bond donors (Lipinski definition) is 2. The summed E-state index contributed by atoms with van der Waals surface area (Å²) in [7, 11) is 6.28. The molecule has 0 saturated heterocycles. The minimum absolute atomic E-state index is 0.0485. The fourth-order valence-electron chi connectivity index (χ4n) is 4.47. The Hall–Kier alpha value is -4.74. The highest BCUT2D eigenvalue weighted by Gasteiger charge is 2.25. The van der Waals surface area contributed by atoms with E-state index in [2.05, 4.69) is 35.7 Å². The van der Waals surface area contributed by atoms with Crippen LogP contribution in [0.2, 0.25) is 0 Å². The van der Waals surface area contributed by atoms with Crippen LogP contribution in [-0.4, -0.2) is 81.5 Å². The largest absolute Gasteiger partial charge is 0.436 e. The third-order valence-electron chi connectivity index (χ3n) is 7.07. The van der Waals surface area contributed by atoms with Gasteiger partial charge in [0.25, 0.3) is 11.5 Å². The van der Waals surface area contributed by atoms with E-state index in [0.717, 1.165) is 34.3 Å². The number of fused-ring (bicyclic) bond motifs is 1. The number of aromatic amines is 1. The lowest BCUT2D eigenvalue weighted by molar-refractivity contribution is -0.125. The molecule has 12 heteroatoms. The number of aryl methyl sites for hydroxylation is 1. The van der Waals surface area contributed by atoms with Crippen molar-refractivity contribution in [2.75, 3.05) is 33.5 Å². The summed E-state index contributed by atoms with van der Waals surface area (Å²) in [6, 6.07) is 1.60. The summed E-state index contributed by atoms with van der Waals surface area (Å²) in [5.74, 6) is 0.0935. The Morgan fingerprint density at radius 2 is 1.86 bits per heavy atom. The Kier molecular flexibility index (Phi) is 11.2. The molecule has 0 fully saturated rings. The van der Waals surface area contributed by atoms with Gasteiger partial charge >= 0.3 is 6.09 Å². The normalized spacial score (nSPS) is 12.0. The zero-order valence-corrected chi connectivity index (χ0v) is 26.9. The van der Waals surface area contributed by atoms with Gasteiger partial charge in [0.2, 0.25) is 5.91 Å². The van der Waals surface area contributed by atoms with Crippen molar-refractivity contribution in [3.05, 3.63) is 69.7 Å². The maximum Gasteiger partial charge on any atom is 0.410 e. The minimum Gasteiger partial charge on any atom is -0.436 e. The molecule has 0 radical (unpaired) electrons. The van der Waals surface area contributed by atoms with Crippen LogP contribution in [0, 0.1) is 19.8 Å². The predicted molar refractivity (Wildman–Crippen MR) is 171 cm³/mol. The highest BCUT2D eigenvalue weighted by atomic mass is 16.6. The van der Waals surface area contributed by atoms with E-state index >= 15 is 0 Å². The van der Waals surface area contributed by atoms with Gasteiger partial charge in [-0.15, -0.1) is 0 Å². The first-order valence-corrected chi connectivity index (χ1v) is 14.5. The topological polar surface area (TPSA) is 143 Å². The number of carbonyl (C=O) groups excluding carboxylic acids is 3. The lowest BCUT2D eigenvalue weighted by atomic mass is 10.1. The van der Waals surface area contributed by atoms with E-state index in [9.17, 15) is 19.2 Å². The Labute approximate surface area is 257 Å². The van der Waals surface area contributed by atoms with E-state index in [1.165, 1.54) is 30.0 Å². The van der Waals surface area contributed by atoms with Gasteiger partial charge in [-0.1, -0.05) is 32.6 Å². The first-order chi connectivity index (χ1) is 20.7. The molecule has 0 aliphatic rings. The lowest BCUT2D eigenvalue weighted by Gasteiger charge is -2.20. The molecule has 0 saturated carbocycles. The molecule has 12 nitrogen and oxygen atoms in total. The Bertz CT molecular complexity index is 1630. The smallest absolute Gasteiger partial charge is 0.410 e. The van der Waals surface area contributed by atoms with Gasteiger partial charge in [0.1, 0.15) is 11.5 Å². The third-order valence-corrected chi connectivity index (χ3v) is 7.07. The van der Waals surface area contributed by atoms with Gasteiger partial charge in [0.15, 0.2) is 6.10 Å². The van der Waals surface area contributed by atoms with E-state index in [4.69, 9.17) is 9.72 Å². The van der Waals surface area contributed by atoms with Gasteiger partial charge in [-0.2, -0.15) is 0 Å². The molecule has 236 valence electrons. The number of carbonyl (C=O) groups is 3. The molecule has 3 aromatic rings. The van der Waals surface area contributed by atoms with Crippen LogP contribution in [0.15, 0.2) is 35.8 Å². The second-order valence-corrected chi connectivity index (χ2v) is 11.6. The minimum atomic E-state index is -1.20. The summed E-state index contributed by atoms with van der Waals surface area (Å²) in [5.41, 5.74) is 4.33. The Morgan fingerprint density at radius 3 is 2.48 bits per heavy atom. The van der Waals surface area contributed by atoms with Crippen molar-refractivity contribution in [1.29, 1.82) is 0 Å². The highest BCUT2D eigenvalue weighted by molar-refractivity contribution is 5.95. The van der Waals surface area contributed by atoms with Gasteiger partial charge < -0.3 is 29.4 Å². The first kappa shape index (κ1) is 33.8. The quantitative estimate of drug-likeness (QED) is 0.297. The van der Waals surface area contributed by atoms with Crippen molar-refractivity contribution < 1.29 is 19.1 Å². The van der Waals surface area contributed by atoms with Crippen molar-refractivity contribution in [3.63, 3.8) is 0 Å². The number of anilines is 1. The van der Waals surface area contributed by atoms with Crippen molar-refractivity contribution in [2.45, 2.75) is 59.6 Å². The molecule has 0 unspecified atom stereocenters. The van der Waals surface area contributed by atoms with E-state index in [1.807, 2.05) is 13.8 Å². The molecule has 0 aliphatic carbocycles. The molecule has 0 spiro atoms. The van der Waals surface area contributed by atoms with Crippen LogP contribution in [0.25, 0.3) is 17.1 Å². The summed E-state index contributed by atoms with van der Waals surface area (Å²) in [6.45, 7) is 11.9. The van der Waals surface area contributed by atoms with Gasteiger partial charge in [-0.25, -0.2) is 9.78 Å². The SMILES string of the molecule is C=Cc1cnc(CC(C)C)c2[nH]c(Cn3c(C)c(C)cc(NC(=O)[C@H](CC/C=C/C(=O)N(C)C)OC(=O)N(C)C)c3=O)nc12. The van der Waals surface area contributed by atoms with Gasteiger partial charge in [-0.05, 0) is 56.7 Å². The van der Waals surface area contributed by atoms with Crippen molar-refractivity contribution >= 4 is 40.7 Å². The second kappa shape index (κ2) is 14.6. The summed E-state index contributed by atoms with van der Waals surface area (Å²) in [4.78, 5) is 66.6. The average Bonchev–Trinajstić information content (AvgIpc) is 3.39. The molecule has 44 heavy (non-hydrogen) atoms. The number of ether oxygens (including phenoxy) is 1. The van der Waals surface area contributed by atoms with E-state index in [1.54, 1.807) is 43.1 Å². The summed E-state index contributed by atoms with van der Waals surface area (Å²) < 4.78 is 6.97. The molecule has 0 bridgehead atoms. The van der Waals surface area contributed by atoms with Crippen LogP contribution < -0.4 is 10.9 Å². The number of allylic oxidation sites excluding steroid dienone is 1. The number of aromatic nitrogens is 4. The van der Waals surface area contributed by atoms with Crippen LogP contribution in [-0.2, 0) is 27.3 Å². The first-order valence-electron chi connectivity index (χ1n) is 14.5. The highest BCUT2D eigenvalue weighted by Crippen LogP contribution is 2.23. The molecule has 3 heterocycles.